The number of hydrogen-bond acceptors (Lipinski definition) is 7. The fraction of sp³-hybridized carbons (Fsp3) is 0.294. The maximum atomic E-state index is 6.18. The number of aromatic nitrogens is 2. The number of rotatable bonds is 4. The van der Waals surface area contributed by atoms with Crippen molar-refractivity contribution in [1.82, 2.24) is 15.3 Å². The highest BCUT2D eigenvalue weighted by Crippen LogP contribution is 2.38. The zero-order chi connectivity index (χ0) is 16.5. The number of hydrogen-bond donors (Lipinski definition) is 3. The number of methoxy groups -OCH3 is 1. The number of pyridine rings is 1. The molecule has 2 aromatic heterocycles. The standard InChI is InChI=1S/C17H19N5OS/c1-23-11-2-3-12-14(8-11)24-17(22-12)15-13(5-7-20-16(15)18)21-10-4-6-19-9-10/h2-3,5,7-8,10,19H,4,6,9H2,1H3,(H3,18,20,21). The van der Waals surface area contributed by atoms with Gasteiger partial charge in [0.05, 0.1) is 22.9 Å². The summed E-state index contributed by atoms with van der Waals surface area (Å²) in [6.07, 6.45) is 2.83. The Balaban J connectivity index is 1.77. The van der Waals surface area contributed by atoms with Crippen LogP contribution in [0, 0.1) is 0 Å². The first-order chi connectivity index (χ1) is 11.7. The molecule has 0 amide bonds. The average Bonchev–Trinajstić information content (AvgIpc) is 3.23. The number of benzene rings is 1. The van der Waals surface area contributed by atoms with Crippen LogP contribution in [0.15, 0.2) is 30.5 Å². The number of nitrogens with one attached hydrogen (secondary N) is 2. The molecule has 7 heteroatoms. The van der Waals surface area contributed by atoms with Crippen LogP contribution in [0.4, 0.5) is 11.5 Å². The minimum atomic E-state index is 0.403. The quantitative estimate of drug-likeness (QED) is 0.676. The van der Waals surface area contributed by atoms with Gasteiger partial charge in [-0.15, -0.1) is 11.3 Å². The van der Waals surface area contributed by atoms with Gasteiger partial charge in [-0.3, -0.25) is 0 Å². The highest BCUT2D eigenvalue weighted by molar-refractivity contribution is 7.21. The van der Waals surface area contributed by atoms with Gasteiger partial charge in [-0.1, -0.05) is 0 Å². The number of thiazole rings is 1. The third kappa shape index (κ3) is 2.76. The molecule has 1 fully saturated rings. The summed E-state index contributed by atoms with van der Waals surface area (Å²) in [7, 11) is 1.67. The lowest BCUT2D eigenvalue weighted by atomic mass is 10.2. The lowest BCUT2D eigenvalue weighted by Gasteiger charge is -2.16. The second-order valence-electron chi connectivity index (χ2n) is 5.81. The predicted molar refractivity (Wildman–Crippen MR) is 98.7 cm³/mol. The molecule has 6 nitrogen and oxygen atoms in total. The molecule has 1 aromatic carbocycles. The average molecular weight is 341 g/mol. The molecule has 0 spiro atoms. The summed E-state index contributed by atoms with van der Waals surface area (Å²) in [5.74, 6) is 1.32. The molecule has 0 saturated carbocycles. The summed E-state index contributed by atoms with van der Waals surface area (Å²) < 4.78 is 6.37. The van der Waals surface area contributed by atoms with Gasteiger partial charge in [0.15, 0.2) is 0 Å². The van der Waals surface area contributed by atoms with E-state index in [4.69, 9.17) is 15.5 Å². The van der Waals surface area contributed by atoms with Crippen LogP contribution in [0.25, 0.3) is 20.8 Å². The van der Waals surface area contributed by atoms with Crippen LogP contribution in [0.2, 0.25) is 0 Å². The van der Waals surface area contributed by atoms with Gasteiger partial charge >= 0.3 is 0 Å². The number of fused-ring (bicyclic) bond motifs is 1. The van der Waals surface area contributed by atoms with Crippen LogP contribution in [0.3, 0.4) is 0 Å². The summed E-state index contributed by atoms with van der Waals surface area (Å²) in [5.41, 5.74) is 8.99. The van der Waals surface area contributed by atoms with Crippen molar-refractivity contribution in [3.63, 3.8) is 0 Å². The zero-order valence-corrected chi connectivity index (χ0v) is 14.2. The van der Waals surface area contributed by atoms with Crippen molar-refractivity contribution in [1.29, 1.82) is 0 Å². The van der Waals surface area contributed by atoms with Crippen molar-refractivity contribution in [2.75, 3.05) is 31.2 Å². The number of nitrogens with zero attached hydrogens (tertiary/aromatic N) is 2. The fourth-order valence-corrected chi connectivity index (χ4v) is 4.02. The molecule has 24 heavy (non-hydrogen) atoms. The Labute approximate surface area is 144 Å². The first-order valence-corrected chi connectivity index (χ1v) is 8.73. The Hall–Kier alpha value is -2.38. The van der Waals surface area contributed by atoms with Crippen LogP contribution in [-0.4, -0.2) is 36.2 Å². The summed E-state index contributed by atoms with van der Waals surface area (Å²) in [6, 6.07) is 8.25. The molecule has 0 radical (unpaired) electrons. The van der Waals surface area contributed by atoms with E-state index in [1.165, 1.54) is 0 Å². The summed E-state index contributed by atoms with van der Waals surface area (Å²) in [5, 5.41) is 7.81. The van der Waals surface area contributed by atoms with E-state index in [1.807, 2.05) is 24.3 Å². The normalized spacial score (nSPS) is 17.3. The van der Waals surface area contributed by atoms with Gasteiger partial charge in [0.2, 0.25) is 0 Å². The van der Waals surface area contributed by atoms with Crippen molar-refractivity contribution in [3.8, 4) is 16.3 Å². The van der Waals surface area contributed by atoms with E-state index in [9.17, 15) is 0 Å². The minimum Gasteiger partial charge on any atom is -0.497 e. The Morgan fingerprint density at radius 3 is 3.08 bits per heavy atom. The topological polar surface area (TPSA) is 85.1 Å². The lowest BCUT2D eigenvalue weighted by molar-refractivity contribution is 0.415. The largest absolute Gasteiger partial charge is 0.497 e. The van der Waals surface area contributed by atoms with Crippen molar-refractivity contribution in [2.24, 2.45) is 0 Å². The van der Waals surface area contributed by atoms with Gasteiger partial charge < -0.3 is 21.1 Å². The molecular formula is C17H19N5OS. The second kappa shape index (κ2) is 6.26. The van der Waals surface area contributed by atoms with Gasteiger partial charge in [-0.05, 0) is 37.2 Å². The van der Waals surface area contributed by atoms with Crippen molar-refractivity contribution < 1.29 is 4.74 Å². The number of ether oxygens (including phenoxy) is 1. The number of nitrogen functional groups attached to an aromatic ring is 1. The molecule has 1 aliphatic heterocycles. The summed E-state index contributed by atoms with van der Waals surface area (Å²) in [4.78, 5) is 9.00. The molecule has 1 unspecified atom stereocenters. The van der Waals surface area contributed by atoms with E-state index in [-0.39, 0.29) is 0 Å². The van der Waals surface area contributed by atoms with E-state index >= 15 is 0 Å². The maximum Gasteiger partial charge on any atom is 0.135 e. The molecular weight excluding hydrogens is 322 g/mol. The minimum absolute atomic E-state index is 0.403. The molecule has 124 valence electrons. The molecule has 4 N–H and O–H groups in total. The smallest absolute Gasteiger partial charge is 0.135 e. The summed E-state index contributed by atoms with van der Waals surface area (Å²) in [6.45, 7) is 1.99. The van der Waals surface area contributed by atoms with Gasteiger partial charge in [0.25, 0.3) is 0 Å². The molecule has 1 aliphatic rings. The van der Waals surface area contributed by atoms with Gasteiger partial charge in [0, 0.05) is 24.5 Å². The first-order valence-electron chi connectivity index (χ1n) is 7.91. The Bertz CT molecular complexity index is 873. The predicted octanol–water partition coefficient (Wildman–Crippen LogP) is 2.72. The fourth-order valence-electron chi connectivity index (χ4n) is 2.96. The molecule has 0 aliphatic carbocycles. The zero-order valence-electron chi connectivity index (χ0n) is 13.4. The van der Waals surface area contributed by atoms with Crippen LogP contribution in [0.5, 0.6) is 5.75 Å². The molecule has 3 heterocycles. The molecule has 1 saturated heterocycles. The Morgan fingerprint density at radius 2 is 2.29 bits per heavy atom. The van der Waals surface area contributed by atoms with Crippen molar-refractivity contribution in [2.45, 2.75) is 12.5 Å². The van der Waals surface area contributed by atoms with Crippen LogP contribution >= 0.6 is 11.3 Å². The van der Waals surface area contributed by atoms with E-state index in [1.54, 1.807) is 24.6 Å². The molecule has 1 atom stereocenters. The third-order valence-electron chi connectivity index (χ3n) is 4.21. The number of nitrogens with two attached hydrogens (primary N) is 1. The van der Waals surface area contributed by atoms with E-state index in [0.717, 1.165) is 51.7 Å². The first kappa shape index (κ1) is 15.2. The van der Waals surface area contributed by atoms with E-state index < -0.39 is 0 Å². The van der Waals surface area contributed by atoms with Crippen LogP contribution in [-0.2, 0) is 0 Å². The second-order valence-corrected chi connectivity index (χ2v) is 6.84. The van der Waals surface area contributed by atoms with E-state index in [0.29, 0.717) is 11.9 Å². The van der Waals surface area contributed by atoms with Gasteiger partial charge in [0.1, 0.15) is 16.6 Å². The van der Waals surface area contributed by atoms with Gasteiger partial charge in [-0.25, -0.2) is 9.97 Å². The molecule has 0 bridgehead atoms. The van der Waals surface area contributed by atoms with E-state index in [2.05, 4.69) is 15.6 Å². The van der Waals surface area contributed by atoms with Gasteiger partial charge in [-0.2, -0.15) is 0 Å². The number of anilines is 2. The lowest BCUT2D eigenvalue weighted by Crippen LogP contribution is -2.22. The summed E-state index contributed by atoms with van der Waals surface area (Å²) >= 11 is 1.60. The Kier molecular flexibility index (Phi) is 3.95. The highest BCUT2D eigenvalue weighted by Gasteiger charge is 2.19. The Morgan fingerprint density at radius 1 is 1.38 bits per heavy atom. The van der Waals surface area contributed by atoms with Crippen LogP contribution < -0.4 is 21.1 Å². The third-order valence-corrected chi connectivity index (χ3v) is 5.25. The molecule has 3 aromatic rings. The maximum absolute atomic E-state index is 6.18. The SMILES string of the molecule is COc1ccc2nc(-c3c(NC4CCNC4)ccnc3N)sc2c1. The van der Waals surface area contributed by atoms with Crippen molar-refractivity contribution in [3.05, 3.63) is 30.5 Å². The van der Waals surface area contributed by atoms with Crippen LogP contribution in [0.1, 0.15) is 6.42 Å². The highest BCUT2D eigenvalue weighted by atomic mass is 32.1. The monoisotopic (exact) mass is 341 g/mol. The van der Waals surface area contributed by atoms with Crippen molar-refractivity contribution >= 4 is 33.1 Å². The molecule has 4 rings (SSSR count).